The molecule has 0 bridgehead atoms. The fraction of sp³-hybridized carbons (Fsp3) is 0.516. The van der Waals surface area contributed by atoms with Crippen LogP contribution in [0.2, 0.25) is 0 Å². The maximum atomic E-state index is 15.3. The molecule has 4 aromatic rings. The Morgan fingerprint density at radius 2 is 1.47 bits per heavy atom. The van der Waals surface area contributed by atoms with Crippen LogP contribution in [0.15, 0.2) is 127 Å². The number of ether oxygens (including phenoxy) is 3. The van der Waals surface area contributed by atoms with Gasteiger partial charge in [-0.15, -0.1) is 6.58 Å². The number of halogens is 1. The molecule has 1 saturated carbocycles. The van der Waals surface area contributed by atoms with Crippen molar-refractivity contribution in [2.24, 2.45) is 22.9 Å². The third-order valence-electron chi connectivity index (χ3n) is 14.7. The lowest BCUT2D eigenvalue weighted by atomic mass is 9.55. The summed E-state index contributed by atoms with van der Waals surface area (Å²) in [5.41, 5.74) is 5.09. The number of hydrogen-bond donors (Lipinski definition) is 2. The number of benzene rings is 4. The summed E-state index contributed by atoms with van der Waals surface area (Å²) < 4.78 is 36.0. The minimum atomic E-state index is -1.42. The van der Waals surface area contributed by atoms with Crippen LogP contribution >= 0.6 is 0 Å². The number of oxime groups is 1. The number of allylic oxidation sites excluding steroid dienone is 1. The van der Waals surface area contributed by atoms with E-state index >= 15 is 4.79 Å². The van der Waals surface area contributed by atoms with Crippen molar-refractivity contribution in [3.05, 3.63) is 138 Å². The van der Waals surface area contributed by atoms with Gasteiger partial charge >= 0.3 is 0 Å². The molecule has 0 spiro atoms. The second-order valence-electron chi connectivity index (χ2n) is 21.2. The zero-order chi connectivity index (χ0) is 50.9. The molecule has 2 N–H and O–H groups in total. The number of aliphatic hydroxyl groups is 2. The van der Waals surface area contributed by atoms with Gasteiger partial charge in [-0.1, -0.05) is 143 Å². The van der Waals surface area contributed by atoms with Gasteiger partial charge in [0.15, 0.2) is 0 Å². The van der Waals surface area contributed by atoms with Gasteiger partial charge < -0.3 is 34.2 Å². The quantitative estimate of drug-likeness (QED) is 0.0331. The number of aliphatic hydroxyl groups excluding tert-OH is 2. The summed E-state index contributed by atoms with van der Waals surface area (Å²) in [7, 11) is 0. The van der Waals surface area contributed by atoms with E-state index in [1.165, 1.54) is 44.2 Å². The zero-order valence-electron chi connectivity index (χ0n) is 43.5. The molecular weight excluding hydrogens is 904 g/mol. The van der Waals surface area contributed by atoms with Gasteiger partial charge in [-0.25, -0.2) is 4.39 Å². The predicted octanol–water partition coefficient (Wildman–Crippen LogP) is 14.7. The van der Waals surface area contributed by atoms with Crippen molar-refractivity contribution in [3.8, 4) is 28.4 Å². The second-order valence-corrected chi connectivity index (χ2v) is 21.2. The number of nitrogens with zero attached hydrogens (tertiary/aromatic N) is 2. The highest BCUT2D eigenvalue weighted by Gasteiger charge is 2.65. The van der Waals surface area contributed by atoms with E-state index in [-0.39, 0.29) is 62.3 Å². The molecule has 3 aliphatic rings. The number of unbranched alkanes of at least 4 members (excludes halogenated alkanes) is 10. The van der Waals surface area contributed by atoms with Crippen molar-refractivity contribution in [1.82, 2.24) is 4.90 Å². The Bertz CT molecular complexity index is 2380. The summed E-state index contributed by atoms with van der Waals surface area (Å²) in [5, 5.41) is 25.2. The Kier molecular flexibility index (Phi) is 20.1. The molecule has 1 aliphatic heterocycles. The number of carbonyl (C=O) groups is 1. The van der Waals surface area contributed by atoms with Gasteiger partial charge in [-0.2, -0.15) is 0 Å². The van der Waals surface area contributed by atoms with Crippen molar-refractivity contribution in [1.29, 1.82) is 0 Å². The third kappa shape index (κ3) is 14.1. The number of amides is 1. The minimum Gasteiger partial charge on any atom is -0.459 e. The van der Waals surface area contributed by atoms with Crippen molar-refractivity contribution in [2.45, 2.75) is 167 Å². The van der Waals surface area contributed by atoms with Gasteiger partial charge in [0.25, 0.3) is 0 Å². The van der Waals surface area contributed by atoms with E-state index in [2.05, 4.69) is 49.9 Å². The molecule has 2 aliphatic carbocycles. The average molecular weight is 985 g/mol. The van der Waals surface area contributed by atoms with Crippen molar-refractivity contribution in [2.75, 3.05) is 19.8 Å². The van der Waals surface area contributed by atoms with Gasteiger partial charge in [-0.3, -0.25) is 4.79 Å². The molecule has 0 saturated heterocycles. The summed E-state index contributed by atoms with van der Waals surface area (Å²) in [4.78, 5) is 23.5. The molecule has 4 aromatic carbocycles. The van der Waals surface area contributed by atoms with Crippen LogP contribution in [0.3, 0.4) is 0 Å². The third-order valence-corrected chi connectivity index (χ3v) is 14.7. The summed E-state index contributed by atoms with van der Waals surface area (Å²) in [6.45, 7) is 12.8. The van der Waals surface area contributed by atoms with E-state index < -0.39 is 23.3 Å². The summed E-state index contributed by atoms with van der Waals surface area (Å²) in [5.74, 6) is -0.348. The van der Waals surface area contributed by atoms with Crippen molar-refractivity contribution in [3.63, 3.8) is 0 Å². The lowest BCUT2D eigenvalue weighted by Gasteiger charge is -2.60. The Balaban J connectivity index is 1.36. The topological polar surface area (TPSA) is 110 Å². The van der Waals surface area contributed by atoms with Crippen LogP contribution < -0.4 is 9.47 Å². The van der Waals surface area contributed by atoms with Gasteiger partial charge in [-0.05, 0) is 129 Å². The molecule has 7 rings (SSSR count). The van der Waals surface area contributed by atoms with Gasteiger partial charge in [0.1, 0.15) is 34.7 Å². The van der Waals surface area contributed by atoms with E-state index in [1.807, 2.05) is 68.1 Å². The molecule has 6 atom stereocenters. The Labute approximate surface area is 429 Å². The van der Waals surface area contributed by atoms with Crippen LogP contribution in [-0.2, 0) is 20.9 Å². The largest absolute Gasteiger partial charge is 0.459 e. The van der Waals surface area contributed by atoms with Crippen LogP contribution in [0, 0.1) is 23.6 Å². The van der Waals surface area contributed by atoms with Crippen LogP contribution in [0.25, 0.3) is 11.1 Å². The highest BCUT2D eigenvalue weighted by atomic mass is 19.1. The highest BCUT2D eigenvalue weighted by Crippen LogP contribution is 2.62. The van der Waals surface area contributed by atoms with E-state index in [0.29, 0.717) is 36.5 Å². The van der Waals surface area contributed by atoms with Crippen LogP contribution in [0.4, 0.5) is 4.39 Å². The highest BCUT2D eigenvalue weighted by molar-refractivity contribution is 6.03. The first-order chi connectivity index (χ1) is 35.0. The minimum absolute atomic E-state index is 0.0254. The molecule has 1 amide bonds. The second kappa shape index (κ2) is 26.6. The molecule has 10 heteroatoms. The van der Waals surface area contributed by atoms with Crippen LogP contribution in [0.5, 0.6) is 17.2 Å². The fourth-order valence-corrected chi connectivity index (χ4v) is 11.3. The molecule has 9 nitrogen and oxygen atoms in total. The molecule has 0 radical (unpaired) electrons. The Morgan fingerprint density at radius 3 is 2.14 bits per heavy atom. The summed E-state index contributed by atoms with van der Waals surface area (Å²) >= 11 is 0. The molecule has 1 heterocycles. The lowest BCUT2D eigenvalue weighted by molar-refractivity contribution is -0.258. The van der Waals surface area contributed by atoms with E-state index in [9.17, 15) is 14.6 Å². The van der Waals surface area contributed by atoms with E-state index in [4.69, 9.17) is 24.2 Å². The standard InChI is InChI=1S/C62H81FN2O7/c1-6-8-9-10-11-12-13-14-18-27-58(68)65(44-45-28-32-49(63)33-29-45)57-43-55(64-72-61(3,4)5)53-41-48(25-19-21-38-66)52(26-20-22-39-67)59-54-42-51(36-37-56(54)71-62(57,60(53)59)69-40-7-2)70-50-34-30-47(31-35-50)46-23-16-15-17-24-46/h7,15-17,23-24,28-37,41-42,48,52,57,59-60,66-67H,2,6,8-14,18-22,25-27,38-40,43-44H2,1,3-5H3. The number of fused-ring (bicyclic) bond motifs is 2. The van der Waals surface area contributed by atoms with Crippen LogP contribution in [-0.4, -0.2) is 64.0 Å². The van der Waals surface area contributed by atoms with Gasteiger partial charge in [0.05, 0.1) is 18.2 Å². The van der Waals surface area contributed by atoms with Crippen molar-refractivity contribution < 1.29 is 38.4 Å². The molecule has 6 unspecified atom stereocenters. The van der Waals surface area contributed by atoms with E-state index in [0.717, 1.165) is 84.9 Å². The first-order valence-electron chi connectivity index (χ1n) is 27.1. The SMILES string of the molecule is C=CCOC12Oc3ccc(Oc4ccc(-c5ccccc5)cc4)cc3C3C(CCCCO)C(CCCCO)C=C(C(=NOC(C)(C)C)CC1N(Cc1ccc(F)cc1)C(=O)CCCCCCCCCCC)C32. The first kappa shape index (κ1) is 54.5. The van der Waals surface area contributed by atoms with Crippen LogP contribution in [0.1, 0.15) is 154 Å². The smallest absolute Gasteiger partial charge is 0.239 e. The number of hydrogen-bond acceptors (Lipinski definition) is 8. The Morgan fingerprint density at radius 1 is 0.819 bits per heavy atom. The molecule has 388 valence electrons. The monoisotopic (exact) mass is 985 g/mol. The lowest BCUT2D eigenvalue weighted by Crippen LogP contribution is -2.70. The normalized spacial score (nSPS) is 21.8. The molecule has 72 heavy (non-hydrogen) atoms. The molecule has 0 aromatic heterocycles. The summed E-state index contributed by atoms with van der Waals surface area (Å²) in [6.07, 6.45) is 19.5. The molecular formula is C62H81FN2O7. The summed E-state index contributed by atoms with van der Waals surface area (Å²) in [6, 6.07) is 30.1. The number of carbonyl (C=O) groups excluding carboxylic acids is 1. The molecule has 1 fully saturated rings. The Hall–Kier alpha value is -5.29. The maximum Gasteiger partial charge on any atom is 0.239 e. The van der Waals surface area contributed by atoms with Gasteiger partial charge in [0.2, 0.25) is 11.7 Å². The first-order valence-corrected chi connectivity index (χ1v) is 27.1. The predicted molar refractivity (Wildman–Crippen MR) is 287 cm³/mol. The fourth-order valence-electron chi connectivity index (χ4n) is 11.3. The van der Waals surface area contributed by atoms with Crippen molar-refractivity contribution >= 4 is 11.6 Å². The van der Waals surface area contributed by atoms with Gasteiger partial charge in [0, 0.05) is 44.1 Å². The average Bonchev–Trinajstić information content (AvgIpc) is 3.38. The maximum absolute atomic E-state index is 15.3. The van der Waals surface area contributed by atoms with E-state index in [1.54, 1.807) is 18.2 Å². The zero-order valence-corrected chi connectivity index (χ0v) is 43.5. The number of rotatable bonds is 28.